The molecule has 1 atom stereocenters. The Balaban J connectivity index is 3.09. The molecule has 0 aliphatic heterocycles. The molecule has 1 rings (SSSR count). The molecule has 0 saturated heterocycles. The van der Waals surface area contributed by atoms with Crippen LogP contribution in [0.15, 0.2) is 23.1 Å². The lowest BCUT2D eigenvalue weighted by Crippen LogP contribution is -2.32. The Bertz CT molecular complexity index is 632. The van der Waals surface area contributed by atoms with E-state index in [0.717, 1.165) is 0 Å². The van der Waals surface area contributed by atoms with Crippen LogP contribution in [-0.2, 0) is 10.0 Å². The number of amides is 1. The van der Waals surface area contributed by atoms with Crippen molar-refractivity contribution in [3.05, 3.63) is 23.8 Å². The summed E-state index contributed by atoms with van der Waals surface area (Å²) in [6, 6.07) is 3.35. The number of hydrogen-bond acceptors (Lipinski definition) is 4. The fourth-order valence-electron chi connectivity index (χ4n) is 1.49. The van der Waals surface area contributed by atoms with Crippen molar-refractivity contribution >= 4 is 21.6 Å². The number of carbonyl (C=O) groups excluding carboxylic acids is 1. The molecule has 0 fully saturated rings. The van der Waals surface area contributed by atoms with Gasteiger partial charge in [-0.2, -0.15) is 0 Å². The zero-order valence-corrected chi connectivity index (χ0v) is 11.2. The van der Waals surface area contributed by atoms with Crippen LogP contribution in [0, 0.1) is 12.3 Å². The molecular weight excluding hydrogens is 266 g/mol. The number of anilines is 1. The number of primary amides is 1. The Morgan fingerprint density at radius 1 is 1.53 bits per heavy atom. The number of nitrogens with two attached hydrogens (primary N) is 2. The summed E-state index contributed by atoms with van der Waals surface area (Å²) in [7, 11) is -3.78. The van der Waals surface area contributed by atoms with Crippen LogP contribution in [0.4, 0.5) is 5.69 Å². The largest absolute Gasteiger partial charge is 0.398 e. The topological polar surface area (TPSA) is 115 Å². The minimum absolute atomic E-state index is 0.0447. The molecule has 0 heterocycles. The first-order valence-electron chi connectivity index (χ1n) is 5.43. The fourth-order valence-corrected chi connectivity index (χ4v) is 2.85. The lowest BCUT2D eigenvalue weighted by atomic mass is 10.2. The number of nitrogens with one attached hydrogen (secondary N) is 1. The maximum absolute atomic E-state index is 12.0. The van der Waals surface area contributed by atoms with Crippen LogP contribution in [-0.4, -0.2) is 20.4 Å². The second-order valence-electron chi connectivity index (χ2n) is 4.05. The first kappa shape index (κ1) is 15.0. The lowest BCUT2D eigenvalue weighted by Gasteiger charge is -2.13. The minimum Gasteiger partial charge on any atom is -0.398 e. The van der Waals surface area contributed by atoms with E-state index in [9.17, 15) is 13.2 Å². The van der Waals surface area contributed by atoms with Gasteiger partial charge >= 0.3 is 0 Å². The molecule has 0 radical (unpaired) electrons. The predicted octanol–water partition coefficient (Wildman–Crippen LogP) is 0.0578. The smallest absolute Gasteiger partial charge is 0.248 e. The van der Waals surface area contributed by atoms with Gasteiger partial charge in [0.15, 0.2) is 0 Å². The molecule has 7 heteroatoms. The standard InChI is InChI=1S/C12H15N3O3S/c1-3-4-8(2)15-19(17,18)11-6-5-9(12(14)16)7-10(11)13/h1,5-8,15H,4,13H2,2H3,(H2,14,16). The molecule has 1 aromatic carbocycles. The van der Waals surface area contributed by atoms with Crippen molar-refractivity contribution < 1.29 is 13.2 Å². The van der Waals surface area contributed by atoms with Crippen molar-refractivity contribution in [2.75, 3.05) is 5.73 Å². The molecule has 102 valence electrons. The second kappa shape index (κ2) is 5.73. The van der Waals surface area contributed by atoms with Gasteiger partial charge in [0.25, 0.3) is 0 Å². The van der Waals surface area contributed by atoms with E-state index >= 15 is 0 Å². The van der Waals surface area contributed by atoms with E-state index in [1.165, 1.54) is 18.2 Å². The highest BCUT2D eigenvalue weighted by Gasteiger charge is 2.20. The number of terminal acetylenes is 1. The van der Waals surface area contributed by atoms with Crippen molar-refractivity contribution in [1.29, 1.82) is 0 Å². The molecule has 0 aliphatic carbocycles. The van der Waals surface area contributed by atoms with Crippen molar-refractivity contribution in [2.24, 2.45) is 5.73 Å². The van der Waals surface area contributed by atoms with Gasteiger partial charge in [-0.1, -0.05) is 0 Å². The van der Waals surface area contributed by atoms with Gasteiger partial charge in [-0.05, 0) is 25.1 Å². The quantitative estimate of drug-likeness (QED) is 0.522. The van der Waals surface area contributed by atoms with Gasteiger partial charge in [0.2, 0.25) is 15.9 Å². The molecule has 19 heavy (non-hydrogen) atoms. The highest BCUT2D eigenvalue weighted by molar-refractivity contribution is 7.89. The average Bonchev–Trinajstić information content (AvgIpc) is 2.27. The summed E-state index contributed by atoms with van der Waals surface area (Å²) >= 11 is 0. The minimum atomic E-state index is -3.78. The Kier molecular flexibility index (Phi) is 4.53. The van der Waals surface area contributed by atoms with Crippen LogP contribution >= 0.6 is 0 Å². The Morgan fingerprint density at radius 3 is 2.63 bits per heavy atom. The Labute approximate surface area is 112 Å². The summed E-state index contributed by atoms with van der Waals surface area (Å²) in [5.41, 5.74) is 10.8. The number of rotatable bonds is 5. The molecular formula is C12H15N3O3S. The number of hydrogen-bond donors (Lipinski definition) is 3. The van der Waals surface area contributed by atoms with Crippen molar-refractivity contribution in [2.45, 2.75) is 24.3 Å². The van der Waals surface area contributed by atoms with Gasteiger partial charge in [0.05, 0.1) is 5.69 Å². The summed E-state index contributed by atoms with van der Waals surface area (Å²) in [5.74, 6) is 1.68. The lowest BCUT2D eigenvalue weighted by molar-refractivity contribution is 0.1000. The van der Waals surface area contributed by atoms with Gasteiger partial charge in [0.1, 0.15) is 4.90 Å². The van der Waals surface area contributed by atoms with Crippen LogP contribution in [0.2, 0.25) is 0 Å². The molecule has 1 unspecified atom stereocenters. The first-order chi connectivity index (χ1) is 8.77. The number of nitrogen functional groups attached to an aromatic ring is 1. The van der Waals surface area contributed by atoms with Gasteiger partial charge in [-0.25, -0.2) is 13.1 Å². The normalized spacial score (nSPS) is 12.6. The van der Waals surface area contributed by atoms with E-state index in [1.54, 1.807) is 6.92 Å². The van der Waals surface area contributed by atoms with E-state index in [0.29, 0.717) is 0 Å². The average molecular weight is 281 g/mol. The van der Waals surface area contributed by atoms with E-state index in [-0.39, 0.29) is 22.6 Å². The number of benzene rings is 1. The molecule has 0 bridgehead atoms. The Hall–Kier alpha value is -2.04. The molecule has 0 saturated carbocycles. The van der Waals surface area contributed by atoms with E-state index in [4.69, 9.17) is 17.9 Å². The summed E-state index contributed by atoms with van der Waals surface area (Å²) in [5, 5.41) is 0. The van der Waals surface area contributed by atoms with Gasteiger partial charge in [-0.15, -0.1) is 12.3 Å². The van der Waals surface area contributed by atoms with Crippen molar-refractivity contribution in [1.82, 2.24) is 4.72 Å². The third-order valence-electron chi connectivity index (χ3n) is 2.36. The van der Waals surface area contributed by atoms with Crippen molar-refractivity contribution in [3.63, 3.8) is 0 Å². The molecule has 0 spiro atoms. The van der Waals surface area contributed by atoms with E-state index < -0.39 is 22.0 Å². The van der Waals surface area contributed by atoms with Crippen LogP contribution in [0.25, 0.3) is 0 Å². The monoisotopic (exact) mass is 281 g/mol. The zero-order valence-electron chi connectivity index (χ0n) is 10.4. The zero-order chi connectivity index (χ0) is 14.6. The summed E-state index contributed by atoms with van der Waals surface area (Å²) in [4.78, 5) is 10.8. The molecule has 1 aromatic rings. The van der Waals surface area contributed by atoms with Crippen LogP contribution in [0.1, 0.15) is 23.7 Å². The van der Waals surface area contributed by atoms with Gasteiger partial charge in [-0.3, -0.25) is 4.79 Å². The fraction of sp³-hybridized carbons (Fsp3) is 0.250. The van der Waals surface area contributed by atoms with E-state index in [1.807, 2.05) is 0 Å². The molecule has 6 nitrogen and oxygen atoms in total. The SMILES string of the molecule is C#CCC(C)NS(=O)(=O)c1ccc(C(N)=O)cc1N. The first-order valence-corrected chi connectivity index (χ1v) is 6.91. The second-order valence-corrected chi connectivity index (χ2v) is 5.73. The molecule has 5 N–H and O–H groups in total. The van der Waals surface area contributed by atoms with Crippen molar-refractivity contribution in [3.8, 4) is 12.3 Å². The summed E-state index contributed by atoms with van der Waals surface area (Å²) in [6.45, 7) is 1.64. The molecule has 0 aliphatic rings. The number of sulfonamides is 1. The molecule has 0 aromatic heterocycles. The Morgan fingerprint density at radius 2 is 2.16 bits per heavy atom. The maximum Gasteiger partial charge on any atom is 0.248 e. The third kappa shape index (κ3) is 3.71. The number of carbonyl (C=O) groups is 1. The van der Waals surface area contributed by atoms with Crippen LogP contribution < -0.4 is 16.2 Å². The summed E-state index contributed by atoms with van der Waals surface area (Å²) in [6.07, 6.45) is 5.37. The maximum atomic E-state index is 12.0. The molecule has 1 amide bonds. The summed E-state index contributed by atoms with van der Waals surface area (Å²) < 4.78 is 26.5. The highest BCUT2D eigenvalue weighted by atomic mass is 32.2. The predicted molar refractivity (Wildman–Crippen MR) is 72.6 cm³/mol. The van der Waals surface area contributed by atoms with Crippen LogP contribution in [0.3, 0.4) is 0 Å². The third-order valence-corrected chi connectivity index (χ3v) is 4.03. The highest BCUT2D eigenvalue weighted by Crippen LogP contribution is 2.20. The van der Waals surface area contributed by atoms with Gasteiger partial charge < -0.3 is 11.5 Å². The van der Waals surface area contributed by atoms with Crippen LogP contribution in [0.5, 0.6) is 0 Å². The van der Waals surface area contributed by atoms with E-state index in [2.05, 4.69) is 10.6 Å². The van der Waals surface area contributed by atoms with Gasteiger partial charge in [0, 0.05) is 18.0 Å².